The van der Waals surface area contributed by atoms with Gasteiger partial charge in [-0.2, -0.15) is 0 Å². The monoisotopic (exact) mass is 176 g/mol. The van der Waals surface area contributed by atoms with Crippen molar-refractivity contribution in [1.82, 2.24) is 0 Å². The first-order valence-corrected chi connectivity index (χ1v) is 4.87. The minimum absolute atomic E-state index is 0.0141. The second kappa shape index (κ2) is 2.81. The molecule has 2 aliphatic rings. The van der Waals surface area contributed by atoms with E-state index in [1.54, 1.807) is 0 Å². The molecule has 0 unspecified atom stereocenters. The molecular weight excluding hydrogens is 160 g/mol. The fourth-order valence-electron chi connectivity index (χ4n) is 2.51. The van der Waals surface area contributed by atoms with E-state index in [1.807, 2.05) is 6.08 Å². The van der Waals surface area contributed by atoms with E-state index in [-0.39, 0.29) is 5.54 Å². The van der Waals surface area contributed by atoms with Gasteiger partial charge in [-0.15, -0.1) is 0 Å². The Balaban J connectivity index is 2.19. The lowest BCUT2D eigenvalue weighted by Crippen LogP contribution is -2.53. The quantitative estimate of drug-likeness (QED) is 0.491. The third kappa shape index (κ3) is 1.17. The highest BCUT2D eigenvalue weighted by molar-refractivity contribution is 5.70. The van der Waals surface area contributed by atoms with Gasteiger partial charge in [-0.05, 0) is 25.3 Å². The van der Waals surface area contributed by atoms with Crippen LogP contribution in [-0.4, -0.2) is 11.8 Å². The molecule has 2 nitrogen and oxygen atoms in total. The number of nitrogens with two attached hydrogens (primary N) is 1. The van der Waals surface area contributed by atoms with Crippen LogP contribution in [0.3, 0.4) is 0 Å². The van der Waals surface area contributed by atoms with Gasteiger partial charge in [0.2, 0.25) is 0 Å². The Labute approximate surface area is 79.0 Å². The average Bonchev–Trinajstić information content (AvgIpc) is 2.35. The first-order valence-electron chi connectivity index (χ1n) is 4.87. The third-order valence-corrected chi connectivity index (χ3v) is 3.26. The number of nitrogens with one attached hydrogen (secondary N) is 1. The summed E-state index contributed by atoms with van der Waals surface area (Å²) in [4.78, 5) is 0. The summed E-state index contributed by atoms with van der Waals surface area (Å²) in [5, 5.41) is 7.02. The first kappa shape index (κ1) is 8.70. The van der Waals surface area contributed by atoms with Gasteiger partial charge in [0.15, 0.2) is 0 Å². The van der Waals surface area contributed by atoms with E-state index in [9.17, 15) is 0 Å². The van der Waals surface area contributed by atoms with Crippen LogP contribution in [0.4, 0.5) is 0 Å². The summed E-state index contributed by atoms with van der Waals surface area (Å²) in [6.07, 6.45) is 8.72. The predicted molar refractivity (Wildman–Crippen MR) is 54.9 cm³/mol. The third-order valence-electron chi connectivity index (χ3n) is 3.26. The molecule has 1 saturated carbocycles. The van der Waals surface area contributed by atoms with Crippen molar-refractivity contribution in [2.24, 2.45) is 11.7 Å². The summed E-state index contributed by atoms with van der Waals surface area (Å²) in [7, 11) is 0. The van der Waals surface area contributed by atoms with Gasteiger partial charge >= 0.3 is 0 Å². The van der Waals surface area contributed by atoms with E-state index in [0.717, 1.165) is 19.3 Å². The maximum absolute atomic E-state index is 7.02. The summed E-state index contributed by atoms with van der Waals surface area (Å²) >= 11 is 0. The van der Waals surface area contributed by atoms with Gasteiger partial charge in [0.05, 0.1) is 0 Å². The van der Waals surface area contributed by atoms with Gasteiger partial charge in [0.1, 0.15) is 0 Å². The van der Waals surface area contributed by atoms with E-state index >= 15 is 0 Å². The Hall–Kier alpha value is -0.890. The van der Waals surface area contributed by atoms with Gasteiger partial charge in [-0.3, -0.25) is 0 Å². The molecule has 0 aromatic rings. The van der Waals surface area contributed by atoms with Crippen molar-refractivity contribution in [2.75, 3.05) is 0 Å². The van der Waals surface area contributed by atoms with Crippen molar-refractivity contribution < 1.29 is 0 Å². The van der Waals surface area contributed by atoms with Crippen molar-refractivity contribution in [3.8, 4) is 0 Å². The second-order valence-corrected chi connectivity index (χ2v) is 4.15. The number of hydrogen-bond donors (Lipinski definition) is 2. The highest BCUT2D eigenvalue weighted by atomic mass is 14.8. The van der Waals surface area contributed by atoms with Crippen LogP contribution < -0.4 is 5.73 Å². The maximum Gasteiger partial charge on any atom is 0.0331 e. The second-order valence-electron chi connectivity index (χ2n) is 4.15. The molecule has 2 rings (SSSR count). The molecule has 0 radical (unpaired) electrons. The number of allylic oxidation sites excluding steroid dienone is 1. The molecule has 0 spiro atoms. The maximum atomic E-state index is 7.02. The van der Waals surface area contributed by atoms with Gasteiger partial charge in [-0.1, -0.05) is 24.1 Å². The lowest BCUT2D eigenvalue weighted by Gasteiger charge is -2.44. The molecule has 13 heavy (non-hydrogen) atoms. The van der Waals surface area contributed by atoms with Crippen molar-refractivity contribution >= 4 is 6.21 Å². The van der Waals surface area contributed by atoms with E-state index < -0.39 is 0 Å². The van der Waals surface area contributed by atoms with Crippen LogP contribution in [0, 0.1) is 11.3 Å². The highest BCUT2D eigenvalue weighted by Gasteiger charge is 2.49. The van der Waals surface area contributed by atoms with Crippen LogP contribution in [0.2, 0.25) is 0 Å². The molecule has 70 valence electrons. The average molecular weight is 176 g/mol. The van der Waals surface area contributed by atoms with Gasteiger partial charge in [0, 0.05) is 17.7 Å². The van der Waals surface area contributed by atoms with E-state index in [0.29, 0.717) is 5.92 Å². The smallest absolute Gasteiger partial charge is 0.0331 e. The lowest BCUT2D eigenvalue weighted by atomic mass is 9.65. The van der Waals surface area contributed by atoms with Gasteiger partial charge in [0.25, 0.3) is 0 Å². The zero-order valence-electron chi connectivity index (χ0n) is 8.01. The Morgan fingerprint density at radius 2 is 2.46 bits per heavy atom. The van der Waals surface area contributed by atoms with Crippen LogP contribution in [0.15, 0.2) is 23.3 Å². The van der Waals surface area contributed by atoms with E-state index in [1.165, 1.54) is 17.4 Å². The van der Waals surface area contributed by atoms with E-state index in [4.69, 9.17) is 11.1 Å². The molecule has 0 amide bonds. The lowest BCUT2D eigenvalue weighted by molar-refractivity contribution is 0.279. The Morgan fingerprint density at radius 1 is 1.69 bits per heavy atom. The minimum atomic E-state index is 0.0141. The molecule has 0 saturated heterocycles. The topological polar surface area (TPSA) is 49.9 Å². The molecule has 2 heteroatoms. The molecule has 0 heterocycles. The van der Waals surface area contributed by atoms with Crippen LogP contribution in [0.5, 0.6) is 0 Å². The Kier molecular flexibility index (Phi) is 1.88. The van der Waals surface area contributed by atoms with Crippen molar-refractivity contribution in [2.45, 2.75) is 31.7 Å². The minimum Gasteiger partial charge on any atom is -0.324 e. The fourth-order valence-corrected chi connectivity index (χ4v) is 2.51. The molecule has 2 aliphatic carbocycles. The molecular formula is C11H16N2. The number of rotatable bonds is 2. The van der Waals surface area contributed by atoms with Gasteiger partial charge in [-0.25, -0.2) is 0 Å². The molecule has 3 N–H and O–H groups in total. The van der Waals surface area contributed by atoms with Crippen LogP contribution in [-0.2, 0) is 0 Å². The summed E-state index contributed by atoms with van der Waals surface area (Å²) < 4.78 is 0. The number of hydrogen-bond acceptors (Lipinski definition) is 2. The summed E-state index contributed by atoms with van der Waals surface area (Å²) in [6, 6.07) is 0. The van der Waals surface area contributed by atoms with E-state index in [2.05, 4.69) is 13.0 Å². The number of fused-ring (bicyclic) bond motifs is 1. The molecule has 0 aromatic heterocycles. The predicted octanol–water partition coefficient (Wildman–Crippen LogP) is 2.02. The van der Waals surface area contributed by atoms with Crippen LogP contribution in [0.25, 0.3) is 0 Å². The van der Waals surface area contributed by atoms with Crippen molar-refractivity contribution in [1.29, 1.82) is 5.41 Å². The first-order chi connectivity index (χ1) is 6.19. The standard InChI is InChI=1S/C11H16N2/c1-2-8-5-10-9(3-4-12)7-11(10,13)6-8/h3-5,10,12H,2,6-7,13H2,1H3/t10-,11-/m0/s1. The zero-order valence-corrected chi connectivity index (χ0v) is 8.01. The van der Waals surface area contributed by atoms with Crippen LogP contribution >= 0.6 is 0 Å². The molecule has 0 aromatic carbocycles. The highest BCUT2D eigenvalue weighted by Crippen LogP contribution is 2.51. The molecule has 0 bridgehead atoms. The Bertz CT molecular complexity index is 301. The Morgan fingerprint density at radius 3 is 3.08 bits per heavy atom. The fraction of sp³-hybridized carbons (Fsp3) is 0.545. The van der Waals surface area contributed by atoms with Crippen molar-refractivity contribution in [3.63, 3.8) is 0 Å². The molecule has 2 atom stereocenters. The van der Waals surface area contributed by atoms with Crippen LogP contribution in [0.1, 0.15) is 26.2 Å². The normalized spacial score (nSPS) is 39.7. The summed E-state index contributed by atoms with van der Waals surface area (Å²) in [6.45, 7) is 2.18. The van der Waals surface area contributed by atoms with Gasteiger partial charge < -0.3 is 11.1 Å². The zero-order chi connectivity index (χ0) is 9.47. The SMILES string of the molecule is CCC1=C[C@H]2C(=CC=N)C[C@@]2(N)C1. The molecule has 1 fully saturated rings. The summed E-state index contributed by atoms with van der Waals surface area (Å²) in [5.74, 6) is 0.434. The molecule has 0 aliphatic heterocycles. The summed E-state index contributed by atoms with van der Waals surface area (Å²) in [5.41, 5.74) is 9.06. The largest absolute Gasteiger partial charge is 0.324 e. The van der Waals surface area contributed by atoms with Crippen molar-refractivity contribution in [3.05, 3.63) is 23.3 Å².